The van der Waals surface area contributed by atoms with Crippen molar-refractivity contribution in [2.45, 2.75) is 26.2 Å². The molecular weight excluding hydrogens is 262 g/mol. The molecule has 3 nitrogen and oxygen atoms in total. The Morgan fingerprint density at radius 1 is 1.21 bits per heavy atom. The number of rotatable bonds is 8. The molecule has 0 aliphatic heterocycles. The minimum Gasteiger partial charge on any atom is -0.495 e. The molecule has 0 aliphatic rings. The summed E-state index contributed by atoms with van der Waals surface area (Å²) in [6.07, 6.45) is 3.28. The first kappa shape index (κ1) is 16.1. The Morgan fingerprint density at radius 3 is 2.53 bits per heavy atom. The van der Waals surface area contributed by atoms with Gasteiger partial charge in [0.2, 0.25) is 0 Å². The zero-order valence-corrected chi connectivity index (χ0v) is 13.0. The summed E-state index contributed by atoms with van der Waals surface area (Å²) in [6, 6.07) is 3.94. The molecule has 1 rings (SSSR count). The summed E-state index contributed by atoms with van der Waals surface area (Å²) >= 11 is 6.25. The van der Waals surface area contributed by atoms with Gasteiger partial charge >= 0.3 is 0 Å². The molecule has 0 saturated heterocycles. The van der Waals surface area contributed by atoms with Gasteiger partial charge in [0.1, 0.15) is 16.5 Å². The van der Waals surface area contributed by atoms with Gasteiger partial charge in [-0.15, -0.1) is 0 Å². The molecule has 0 bridgehead atoms. The lowest BCUT2D eigenvalue weighted by Crippen LogP contribution is -2.12. The molecule has 1 aromatic rings. The van der Waals surface area contributed by atoms with Crippen LogP contribution in [0.1, 0.15) is 25.3 Å². The maximum Gasteiger partial charge on any atom is 0.144 e. The van der Waals surface area contributed by atoms with Crippen LogP contribution in [-0.4, -0.2) is 27.8 Å². The molecule has 1 unspecified atom stereocenters. The van der Waals surface area contributed by atoms with Crippen LogP contribution in [0.25, 0.3) is 0 Å². The maximum absolute atomic E-state index is 6.25. The van der Waals surface area contributed by atoms with Gasteiger partial charge in [-0.2, -0.15) is 0 Å². The van der Waals surface area contributed by atoms with E-state index in [-0.39, 0.29) is 0 Å². The Balaban J connectivity index is 2.70. The highest BCUT2D eigenvalue weighted by atomic mass is 35.5. The monoisotopic (exact) mass is 285 g/mol. The second-order valence-corrected chi connectivity index (χ2v) is 5.19. The van der Waals surface area contributed by atoms with Crippen LogP contribution in [0.5, 0.6) is 11.5 Å². The lowest BCUT2D eigenvalue weighted by atomic mass is 9.97. The Bertz CT molecular complexity index is 396. The van der Waals surface area contributed by atoms with E-state index >= 15 is 0 Å². The van der Waals surface area contributed by atoms with E-state index in [1.165, 1.54) is 6.42 Å². The molecule has 0 saturated carbocycles. The van der Waals surface area contributed by atoms with Crippen LogP contribution in [0, 0.1) is 5.92 Å². The summed E-state index contributed by atoms with van der Waals surface area (Å²) in [6.45, 7) is 3.33. The smallest absolute Gasteiger partial charge is 0.144 e. The van der Waals surface area contributed by atoms with E-state index in [1.54, 1.807) is 14.2 Å². The topological polar surface area (TPSA) is 30.5 Å². The van der Waals surface area contributed by atoms with Gasteiger partial charge in [0.05, 0.1) is 14.2 Å². The van der Waals surface area contributed by atoms with E-state index in [1.807, 2.05) is 19.2 Å². The Hall–Kier alpha value is -0.930. The predicted octanol–water partition coefficient (Wildman–Crippen LogP) is 3.54. The largest absolute Gasteiger partial charge is 0.495 e. The molecule has 0 spiro atoms. The van der Waals surface area contributed by atoms with Crippen LogP contribution in [0.2, 0.25) is 5.02 Å². The highest BCUT2D eigenvalue weighted by Gasteiger charge is 2.13. The van der Waals surface area contributed by atoms with E-state index in [2.05, 4.69) is 12.2 Å². The average Bonchev–Trinajstić information content (AvgIpc) is 2.42. The van der Waals surface area contributed by atoms with Crippen molar-refractivity contribution in [2.75, 3.05) is 27.8 Å². The molecule has 0 heterocycles. The average molecular weight is 286 g/mol. The summed E-state index contributed by atoms with van der Waals surface area (Å²) in [7, 11) is 5.24. The number of ether oxygens (including phenoxy) is 2. The third-order valence-corrected chi connectivity index (χ3v) is 3.72. The van der Waals surface area contributed by atoms with Crippen molar-refractivity contribution < 1.29 is 9.47 Å². The van der Waals surface area contributed by atoms with Gasteiger partial charge in [0.25, 0.3) is 0 Å². The molecule has 0 amide bonds. The number of hydrogen-bond acceptors (Lipinski definition) is 3. The third kappa shape index (κ3) is 4.59. The number of hydrogen-bond donors (Lipinski definition) is 1. The molecule has 1 atom stereocenters. The second-order valence-electron chi connectivity index (χ2n) is 4.81. The number of aryl methyl sites for hydroxylation is 1. The van der Waals surface area contributed by atoms with Crippen molar-refractivity contribution in [1.29, 1.82) is 0 Å². The van der Waals surface area contributed by atoms with Gasteiger partial charge in [-0.3, -0.25) is 0 Å². The van der Waals surface area contributed by atoms with Gasteiger partial charge in [0.15, 0.2) is 0 Å². The van der Waals surface area contributed by atoms with Crippen molar-refractivity contribution in [1.82, 2.24) is 5.32 Å². The summed E-state index contributed by atoms with van der Waals surface area (Å²) in [5, 5.41) is 3.74. The first-order chi connectivity index (χ1) is 9.13. The van der Waals surface area contributed by atoms with Crippen LogP contribution in [0.3, 0.4) is 0 Å². The normalized spacial score (nSPS) is 12.3. The maximum atomic E-state index is 6.25. The van der Waals surface area contributed by atoms with E-state index in [0.29, 0.717) is 16.7 Å². The fourth-order valence-corrected chi connectivity index (χ4v) is 2.43. The van der Waals surface area contributed by atoms with Crippen molar-refractivity contribution >= 4 is 11.6 Å². The molecule has 1 aromatic carbocycles. The van der Waals surface area contributed by atoms with E-state index < -0.39 is 0 Å². The van der Waals surface area contributed by atoms with Crippen LogP contribution in [0.4, 0.5) is 0 Å². The molecule has 0 fully saturated rings. The highest BCUT2D eigenvalue weighted by Crippen LogP contribution is 2.37. The van der Waals surface area contributed by atoms with E-state index in [9.17, 15) is 0 Å². The third-order valence-electron chi connectivity index (χ3n) is 3.36. The van der Waals surface area contributed by atoms with Crippen molar-refractivity contribution in [3.8, 4) is 11.5 Å². The van der Waals surface area contributed by atoms with Crippen LogP contribution >= 0.6 is 11.6 Å². The van der Waals surface area contributed by atoms with Crippen LogP contribution in [-0.2, 0) is 6.42 Å². The van der Waals surface area contributed by atoms with Gasteiger partial charge in [-0.1, -0.05) is 24.6 Å². The molecule has 0 aliphatic carbocycles. The van der Waals surface area contributed by atoms with Crippen LogP contribution in [0.15, 0.2) is 12.1 Å². The SMILES string of the molecule is CNCCC(C)CCc1ccc(OC)c(Cl)c1OC. The zero-order valence-electron chi connectivity index (χ0n) is 12.3. The Labute approximate surface area is 121 Å². The number of nitrogens with one attached hydrogen (secondary N) is 1. The standard InChI is InChI=1S/C15H24ClNO2/c1-11(9-10-17-2)5-6-12-7-8-13(18-3)14(16)15(12)19-4/h7-8,11,17H,5-6,9-10H2,1-4H3. The lowest BCUT2D eigenvalue weighted by Gasteiger charge is -2.15. The molecule has 19 heavy (non-hydrogen) atoms. The first-order valence-corrected chi connectivity index (χ1v) is 7.05. The summed E-state index contributed by atoms with van der Waals surface area (Å²) in [4.78, 5) is 0. The number of methoxy groups -OCH3 is 2. The number of halogens is 1. The molecule has 0 radical (unpaired) electrons. The van der Waals surface area contributed by atoms with Crippen LogP contribution < -0.4 is 14.8 Å². The van der Waals surface area contributed by atoms with E-state index in [4.69, 9.17) is 21.1 Å². The first-order valence-electron chi connectivity index (χ1n) is 6.68. The molecular formula is C15H24ClNO2. The predicted molar refractivity (Wildman–Crippen MR) is 80.6 cm³/mol. The molecule has 108 valence electrons. The Morgan fingerprint density at radius 2 is 1.95 bits per heavy atom. The minimum absolute atomic E-state index is 0.561. The van der Waals surface area contributed by atoms with Crippen molar-refractivity contribution in [3.05, 3.63) is 22.7 Å². The van der Waals surface area contributed by atoms with Crippen molar-refractivity contribution in [2.24, 2.45) is 5.92 Å². The molecule has 4 heteroatoms. The van der Waals surface area contributed by atoms with Gasteiger partial charge < -0.3 is 14.8 Å². The van der Waals surface area contributed by atoms with Crippen molar-refractivity contribution in [3.63, 3.8) is 0 Å². The zero-order chi connectivity index (χ0) is 14.3. The quantitative estimate of drug-likeness (QED) is 0.792. The summed E-state index contributed by atoms with van der Waals surface area (Å²) in [5.74, 6) is 2.07. The Kier molecular flexibility index (Phi) is 7.03. The summed E-state index contributed by atoms with van der Waals surface area (Å²) < 4.78 is 10.6. The van der Waals surface area contributed by atoms with Gasteiger partial charge in [0, 0.05) is 0 Å². The fraction of sp³-hybridized carbons (Fsp3) is 0.600. The van der Waals surface area contributed by atoms with E-state index in [0.717, 1.165) is 30.7 Å². The molecule has 1 N–H and O–H groups in total. The van der Waals surface area contributed by atoms with Gasteiger partial charge in [-0.05, 0) is 50.4 Å². The van der Waals surface area contributed by atoms with Gasteiger partial charge in [-0.25, -0.2) is 0 Å². The summed E-state index contributed by atoms with van der Waals surface area (Å²) in [5.41, 5.74) is 1.14. The molecule has 0 aromatic heterocycles. The minimum atomic E-state index is 0.561. The lowest BCUT2D eigenvalue weighted by molar-refractivity contribution is 0.389. The second kappa shape index (κ2) is 8.28. The fourth-order valence-electron chi connectivity index (χ4n) is 2.09. The highest BCUT2D eigenvalue weighted by molar-refractivity contribution is 6.33. The number of benzene rings is 1.